The lowest BCUT2D eigenvalue weighted by Crippen LogP contribution is -2.56. The maximum absolute atomic E-state index is 11.8. The van der Waals surface area contributed by atoms with Gasteiger partial charge in [0, 0.05) is 50.5 Å². The highest BCUT2D eigenvalue weighted by molar-refractivity contribution is 5.79. The molecule has 0 unspecified atom stereocenters. The van der Waals surface area contributed by atoms with Crippen molar-refractivity contribution in [2.75, 3.05) is 45.9 Å². The number of unbranched alkanes of at least 4 members (excludes halogenated alkanes) is 1. The predicted octanol–water partition coefficient (Wildman–Crippen LogP) is 2.22. The molecule has 2 fully saturated rings. The van der Waals surface area contributed by atoms with Crippen LogP contribution in [-0.4, -0.2) is 66.9 Å². The second-order valence-electron chi connectivity index (χ2n) is 8.45. The van der Waals surface area contributed by atoms with Gasteiger partial charge in [0.25, 0.3) is 0 Å². The van der Waals surface area contributed by atoms with Crippen LogP contribution in [0.2, 0.25) is 0 Å². The molecule has 0 spiro atoms. The van der Waals surface area contributed by atoms with Gasteiger partial charge in [-0.3, -0.25) is 14.7 Å². The van der Waals surface area contributed by atoms with Crippen molar-refractivity contribution in [1.29, 1.82) is 0 Å². The fourth-order valence-electron chi connectivity index (χ4n) is 4.65. The number of nitrogens with one attached hydrogen (secondary N) is 2. The maximum Gasteiger partial charge on any atom is 0.250 e. The zero-order chi connectivity index (χ0) is 21.1. The van der Waals surface area contributed by atoms with Gasteiger partial charge in [-0.05, 0) is 38.7 Å². The second-order valence-corrected chi connectivity index (χ2v) is 8.45. The second kappa shape index (κ2) is 12.1. The van der Waals surface area contributed by atoms with E-state index in [0.717, 1.165) is 71.3 Å². The van der Waals surface area contributed by atoms with Gasteiger partial charge in [-0.15, -0.1) is 0 Å². The van der Waals surface area contributed by atoms with E-state index in [1.54, 1.807) is 16.7 Å². The van der Waals surface area contributed by atoms with Crippen molar-refractivity contribution in [1.82, 2.24) is 20.1 Å². The van der Waals surface area contributed by atoms with Crippen LogP contribution in [0.15, 0.2) is 34.2 Å². The molecule has 7 nitrogen and oxygen atoms in total. The Balaban J connectivity index is 1.50. The summed E-state index contributed by atoms with van der Waals surface area (Å²) in [5, 5.41) is 6.89. The highest BCUT2D eigenvalue weighted by Gasteiger charge is 2.38. The van der Waals surface area contributed by atoms with Crippen LogP contribution in [0.3, 0.4) is 0 Å². The van der Waals surface area contributed by atoms with Crippen molar-refractivity contribution in [3.8, 4) is 0 Å². The fraction of sp³-hybridized carbons (Fsp3) is 0.739. The minimum atomic E-state index is 0.0706. The summed E-state index contributed by atoms with van der Waals surface area (Å²) in [5.41, 5.74) is 0.264. The third-order valence-electron chi connectivity index (χ3n) is 6.36. The Morgan fingerprint density at radius 3 is 2.67 bits per heavy atom. The summed E-state index contributed by atoms with van der Waals surface area (Å²) in [6.07, 6.45) is 10.2. The van der Waals surface area contributed by atoms with Crippen molar-refractivity contribution in [2.24, 2.45) is 4.99 Å². The molecule has 0 atom stereocenters. The quantitative estimate of drug-likeness (QED) is 0.366. The number of nitrogens with zero attached hydrogens (tertiary/aromatic N) is 3. The molecule has 1 saturated carbocycles. The lowest BCUT2D eigenvalue weighted by Gasteiger charge is -2.47. The normalized spacial score (nSPS) is 20.1. The molecule has 7 heteroatoms. The average Bonchev–Trinajstić information content (AvgIpc) is 2.79. The Morgan fingerprint density at radius 2 is 1.93 bits per heavy atom. The molecule has 1 saturated heterocycles. The summed E-state index contributed by atoms with van der Waals surface area (Å²) < 4.78 is 7.36. The van der Waals surface area contributed by atoms with Crippen LogP contribution < -0.4 is 16.2 Å². The number of ether oxygens (including phenoxy) is 1. The van der Waals surface area contributed by atoms with Crippen molar-refractivity contribution < 1.29 is 4.74 Å². The fourth-order valence-corrected chi connectivity index (χ4v) is 4.65. The van der Waals surface area contributed by atoms with E-state index in [0.29, 0.717) is 0 Å². The van der Waals surface area contributed by atoms with E-state index in [1.807, 2.05) is 12.3 Å². The van der Waals surface area contributed by atoms with Crippen molar-refractivity contribution in [2.45, 2.75) is 64.0 Å². The summed E-state index contributed by atoms with van der Waals surface area (Å²) in [7, 11) is 0. The Labute approximate surface area is 180 Å². The Hall–Kier alpha value is -1.86. The number of aryl methyl sites for hydroxylation is 1. The summed E-state index contributed by atoms with van der Waals surface area (Å²) >= 11 is 0. The molecule has 30 heavy (non-hydrogen) atoms. The van der Waals surface area contributed by atoms with Gasteiger partial charge in [0.1, 0.15) is 0 Å². The van der Waals surface area contributed by atoms with Gasteiger partial charge >= 0.3 is 0 Å². The third kappa shape index (κ3) is 6.57. The van der Waals surface area contributed by atoms with Gasteiger partial charge in [-0.25, -0.2) is 0 Å². The third-order valence-corrected chi connectivity index (χ3v) is 6.36. The van der Waals surface area contributed by atoms with Crippen molar-refractivity contribution in [3.63, 3.8) is 0 Å². The number of aliphatic imine (C=N–C) groups is 1. The summed E-state index contributed by atoms with van der Waals surface area (Å²) in [6, 6.07) is 5.31. The zero-order valence-electron chi connectivity index (χ0n) is 18.6. The van der Waals surface area contributed by atoms with Crippen LogP contribution in [0.5, 0.6) is 0 Å². The van der Waals surface area contributed by atoms with Gasteiger partial charge in [0.15, 0.2) is 5.96 Å². The number of pyridine rings is 1. The molecule has 1 aromatic rings. The topological polar surface area (TPSA) is 70.9 Å². The van der Waals surface area contributed by atoms with Gasteiger partial charge in [-0.1, -0.05) is 25.3 Å². The van der Waals surface area contributed by atoms with Crippen LogP contribution >= 0.6 is 0 Å². The number of aromatic nitrogens is 1. The zero-order valence-corrected chi connectivity index (χ0v) is 18.6. The number of rotatable bonds is 9. The molecule has 3 rings (SSSR count). The van der Waals surface area contributed by atoms with E-state index in [9.17, 15) is 4.79 Å². The van der Waals surface area contributed by atoms with E-state index in [4.69, 9.17) is 9.73 Å². The monoisotopic (exact) mass is 417 g/mol. The molecule has 1 aromatic heterocycles. The number of hydrogen-bond acceptors (Lipinski definition) is 4. The van der Waals surface area contributed by atoms with Crippen molar-refractivity contribution >= 4 is 5.96 Å². The SMILES string of the molecule is CCNC(=NCC1(N2CCOCC2)CCCCC1)NCCCCn1ccccc1=O. The molecule has 1 aliphatic carbocycles. The predicted molar refractivity (Wildman–Crippen MR) is 122 cm³/mol. The van der Waals surface area contributed by atoms with Crippen LogP contribution in [0.25, 0.3) is 0 Å². The number of hydrogen-bond donors (Lipinski definition) is 2. The molecular formula is C23H39N5O2. The van der Waals surface area contributed by atoms with E-state index < -0.39 is 0 Å². The average molecular weight is 418 g/mol. The standard InChI is InChI=1S/C23H39N5O2/c1-2-24-22(25-13-7-9-15-27-14-8-4-10-21(27)29)26-20-23(11-5-3-6-12-23)28-16-18-30-19-17-28/h4,8,10,14H,2-3,5-7,9,11-13,15-20H2,1H3,(H2,24,25,26). The van der Waals surface area contributed by atoms with E-state index in [-0.39, 0.29) is 11.1 Å². The van der Waals surface area contributed by atoms with Crippen molar-refractivity contribution in [3.05, 3.63) is 34.7 Å². The maximum atomic E-state index is 11.8. The summed E-state index contributed by atoms with van der Waals surface area (Å²) in [6.45, 7) is 9.17. The molecule has 0 aromatic carbocycles. The Kier molecular flexibility index (Phi) is 9.21. The van der Waals surface area contributed by atoms with Crippen LogP contribution in [0.1, 0.15) is 51.9 Å². The molecule has 0 amide bonds. The van der Waals surface area contributed by atoms with E-state index >= 15 is 0 Å². The minimum absolute atomic E-state index is 0.0706. The highest BCUT2D eigenvalue weighted by atomic mass is 16.5. The smallest absolute Gasteiger partial charge is 0.250 e. The molecule has 1 aliphatic heterocycles. The van der Waals surface area contributed by atoms with Crippen LogP contribution in [-0.2, 0) is 11.3 Å². The number of guanidine groups is 1. The van der Waals surface area contributed by atoms with Gasteiger partial charge in [0.05, 0.1) is 19.8 Å². The molecule has 0 radical (unpaired) electrons. The first-order chi connectivity index (χ1) is 14.7. The Morgan fingerprint density at radius 1 is 1.13 bits per heavy atom. The van der Waals surface area contributed by atoms with Crippen LogP contribution in [0, 0.1) is 0 Å². The molecular weight excluding hydrogens is 378 g/mol. The lowest BCUT2D eigenvalue weighted by atomic mass is 9.80. The first-order valence-electron chi connectivity index (χ1n) is 11.7. The molecule has 2 aliphatic rings. The summed E-state index contributed by atoms with van der Waals surface area (Å²) in [5.74, 6) is 0.910. The molecule has 0 bridgehead atoms. The molecule has 2 N–H and O–H groups in total. The van der Waals surface area contributed by atoms with Gasteiger partial charge < -0.3 is 19.9 Å². The Bertz CT molecular complexity index is 706. The molecule has 168 valence electrons. The first kappa shape index (κ1) is 22.8. The lowest BCUT2D eigenvalue weighted by molar-refractivity contribution is -0.0333. The summed E-state index contributed by atoms with van der Waals surface area (Å²) in [4.78, 5) is 19.4. The van der Waals surface area contributed by atoms with Gasteiger partial charge in [0.2, 0.25) is 5.56 Å². The number of morpholine rings is 1. The van der Waals surface area contributed by atoms with Gasteiger partial charge in [-0.2, -0.15) is 0 Å². The first-order valence-corrected chi connectivity index (χ1v) is 11.7. The van der Waals surface area contributed by atoms with E-state index in [1.165, 1.54) is 32.1 Å². The largest absolute Gasteiger partial charge is 0.379 e. The van der Waals surface area contributed by atoms with E-state index in [2.05, 4.69) is 22.5 Å². The minimum Gasteiger partial charge on any atom is -0.379 e. The molecule has 2 heterocycles. The highest BCUT2D eigenvalue weighted by Crippen LogP contribution is 2.34. The van der Waals surface area contributed by atoms with Crippen LogP contribution in [0.4, 0.5) is 0 Å².